The summed E-state index contributed by atoms with van der Waals surface area (Å²) in [4.78, 5) is 28.6. The molecular formula is C13H17N3O3. The quantitative estimate of drug-likeness (QED) is 0.795. The number of nitrogens with one attached hydrogen (secondary N) is 1. The molecule has 1 aliphatic heterocycles. The fourth-order valence-electron chi connectivity index (χ4n) is 2.25. The van der Waals surface area contributed by atoms with Crippen LogP contribution in [0.3, 0.4) is 0 Å². The molecule has 0 saturated carbocycles. The molecule has 6 nitrogen and oxygen atoms in total. The van der Waals surface area contributed by atoms with Gasteiger partial charge in [-0.05, 0) is 18.1 Å². The van der Waals surface area contributed by atoms with E-state index in [1.165, 1.54) is 0 Å². The lowest BCUT2D eigenvalue weighted by Gasteiger charge is -2.34. The van der Waals surface area contributed by atoms with Crippen LogP contribution in [0.2, 0.25) is 0 Å². The lowest BCUT2D eigenvalue weighted by Crippen LogP contribution is -2.54. The van der Waals surface area contributed by atoms with E-state index in [0.29, 0.717) is 19.5 Å². The highest BCUT2D eigenvalue weighted by atomic mass is 16.4. The fraction of sp³-hybridized carbons (Fsp3) is 0.462. The van der Waals surface area contributed by atoms with Crippen molar-refractivity contribution in [1.29, 1.82) is 0 Å². The highest BCUT2D eigenvalue weighted by Gasteiger charge is 2.29. The van der Waals surface area contributed by atoms with Crippen molar-refractivity contribution < 1.29 is 14.7 Å². The molecular weight excluding hydrogens is 246 g/mol. The molecule has 2 N–H and O–H groups in total. The van der Waals surface area contributed by atoms with Crippen LogP contribution >= 0.6 is 0 Å². The van der Waals surface area contributed by atoms with Gasteiger partial charge in [0, 0.05) is 38.4 Å². The molecule has 1 saturated heterocycles. The second kappa shape index (κ2) is 6.29. The van der Waals surface area contributed by atoms with Gasteiger partial charge in [0.05, 0.1) is 6.04 Å². The number of carboxylic acids is 1. The average Bonchev–Trinajstić information content (AvgIpc) is 2.39. The Balaban J connectivity index is 2.02. The highest BCUT2D eigenvalue weighted by Crippen LogP contribution is 2.14. The van der Waals surface area contributed by atoms with E-state index in [4.69, 9.17) is 5.11 Å². The minimum atomic E-state index is -0.875. The van der Waals surface area contributed by atoms with Gasteiger partial charge in [0.1, 0.15) is 0 Å². The van der Waals surface area contributed by atoms with Crippen molar-refractivity contribution >= 4 is 11.9 Å². The van der Waals surface area contributed by atoms with Crippen LogP contribution in [-0.2, 0) is 16.1 Å². The molecule has 1 amide bonds. The molecule has 1 aromatic rings. The zero-order chi connectivity index (χ0) is 13.7. The van der Waals surface area contributed by atoms with E-state index in [9.17, 15) is 9.59 Å². The molecule has 1 aliphatic rings. The molecule has 2 rings (SSSR count). The van der Waals surface area contributed by atoms with Gasteiger partial charge in [-0.2, -0.15) is 0 Å². The van der Waals surface area contributed by atoms with E-state index in [2.05, 4.69) is 10.3 Å². The number of carboxylic acid groups (broad SMARTS) is 1. The number of aromatic nitrogens is 1. The molecule has 2 heterocycles. The third-order valence-electron chi connectivity index (χ3n) is 3.18. The molecule has 0 aromatic carbocycles. The topological polar surface area (TPSA) is 82.5 Å². The summed E-state index contributed by atoms with van der Waals surface area (Å²) in [5.74, 6) is -0.962. The van der Waals surface area contributed by atoms with Crippen molar-refractivity contribution in [2.45, 2.75) is 25.4 Å². The summed E-state index contributed by atoms with van der Waals surface area (Å²) in [6, 6.07) is 3.43. The highest BCUT2D eigenvalue weighted by molar-refractivity contribution is 5.83. The fourth-order valence-corrected chi connectivity index (χ4v) is 2.25. The largest absolute Gasteiger partial charge is 0.481 e. The summed E-state index contributed by atoms with van der Waals surface area (Å²) in [5, 5.41) is 11.5. The van der Waals surface area contributed by atoms with Crippen LogP contribution in [0.5, 0.6) is 0 Å². The monoisotopic (exact) mass is 263 g/mol. The number of pyridine rings is 1. The first-order valence-corrected chi connectivity index (χ1v) is 6.29. The van der Waals surface area contributed by atoms with Gasteiger partial charge in [-0.15, -0.1) is 0 Å². The maximum Gasteiger partial charge on any atom is 0.303 e. The van der Waals surface area contributed by atoms with Crippen LogP contribution in [0.15, 0.2) is 24.5 Å². The first-order chi connectivity index (χ1) is 9.16. The Hall–Kier alpha value is -1.95. The van der Waals surface area contributed by atoms with Crippen molar-refractivity contribution in [3.63, 3.8) is 0 Å². The summed E-state index contributed by atoms with van der Waals surface area (Å²) in [6.45, 7) is 1.94. The first-order valence-electron chi connectivity index (χ1n) is 6.29. The smallest absolute Gasteiger partial charge is 0.303 e. The number of hydrogen-bond acceptors (Lipinski definition) is 4. The van der Waals surface area contributed by atoms with E-state index >= 15 is 0 Å². The Morgan fingerprint density at radius 2 is 2.42 bits per heavy atom. The van der Waals surface area contributed by atoms with E-state index in [0.717, 1.165) is 12.1 Å². The number of hydrogen-bond donors (Lipinski definition) is 2. The summed E-state index contributed by atoms with van der Waals surface area (Å²) in [6.07, 6.45) is 3.80. The summed E-state index contributed by atoms with van der Waals surface area (Å²) in [5.41, 5.74) is 1.03. The predicted molar refractivity (Wildman–Crippen MR) is 68.3 cm³/mol. The van der Waals surface area contributed by atoms with Gasteiger partial charge in [0.15, 0.2) is 0 Å². The van der Waals surface area contributed by atoms with E-state index < -0.39 is 5.97 Å². The van der Waals surface area contributed by atoms with Crippen LogP contribution in [-0.4, -0.2) is 46.0 Å². The van der Waals surface area contributed by atoms with Gasteiger partial charge in [0.25, 0.3) is 0 Å². The Morgan fingerprint density at radius 3 is 3.11 bits per heavy atom. The van der Waals surface area contributed by atoms with Gasteiger partial charge in [-0.3, -0.25) is 19.5 Å². The third kappa shape index (κ3) is 3.75. The van der Waals surface area contributed by atoms with Crippen LogP contribution in [0.1, 0.15) is 18.4 Å². The van der Waals surface area contributed by atoms with E-state index in [1.807, 2.05) is 17.0 Å². The number of rotatable bonds is 5. The van der Waals surface area contributed by atoms with Gasteiger partial charge in [0.2, 0.25) is 5.91 Å². The average molecular weight is 263 g/mol. The van der Waals surface area contributed by atoms with Crippen molar-refractivity contribution in [3.8, 4) is 0 Å². The molecule has 102 valence electrons. The molecule has 1 aromatic heterocycles. The zero-order valence-corrected chi connectivity index (χ0v) is 10.6. The SMILES string of the molecule is O=C(O)CCC1C(=O)NCCN1Cc1cccnc1. The minimum Gasteiger partial charge on any atom is -0.481 e. The molecule has 0 spiro atoms. The molecule has 6 heteroatoms. The molecule has 1 fully saturated rings. The number of amides is 1. The number of piperazine rings is 1. The summed E-state index contributed by atoms with van der Waals surface area (Å²) in [7, 11) is 0. The van der Waals surface area contributed by atoms with Gasteiger partial charge in [-0.25, -0.2) is 0 Å². The number of carbonyl (C=O) groups is 2. The maximum atomic E-state index is 11.8. The lowest BCUT2D eigenvalue weighted by molar-refractivity contribution is -0.138. The number of carbonyl (C=O) groups excluding carboxylic acids is 1. The van der Waals surface area contributed by atoms with E-state index in [1.54, 1.807) is 12.4 Å². The van der Waals surface area contributed by atoms with Crippen molar-refractivity contribution in [2.24, 2.45) is 0 Å². The normalized spacial score (nSPS) is 20.0. The Labute approximate surface area is 111 Å². The van der Waals surface area contributed by atoms with E-state index in [-0.39, 0.29) is 18.4 Å². The molecule has 0 bridgehead atoms. The van der Waals surface area contributed by atoms with Crippen LogP contribution in [0.4, 0.5) is 0 Å². The molecule has 0 aliphatic carbocycles. The standard InChI is InChI=1S/C13H17N3O3/c17-12(18)4-3-11-13(19)15-6-7-16(11)9-10-2-1-5-14-8-10/h1-2,5,8,11H,3-4,6-7,9H2,(H,15,19)(H,17,18). The predicted octanol–water partition coefficient (Wildman–Crippen LogP) is 0.247. The van der Waals surface area contributed by atoms with Crippen LogP contribution < -0.4 is 5.32 Å². The molecule has 1 unspecified atom stereocenters. The molecule has 1 atom stereocenters. The zero-order valence-electron chi connectivity index (χ0n) is 10.6. The van der Waals surface area contributed by atoms with Crippen LogP contribution in [0.25, 0.3) is 0 Å². The summed E-state index contributed by atoms with van der Waals surface area (Å²) < 4.78 is 0. The lowest BCUT2D eigenvalue weighted by atomic mass is 10.1. The molecule has 19 heavy (non-hydrogen) atoms. The maximum absolute atomic E-state index is 11.8. The summed E-state index contributed by atoms with van der Waals surface area (Å²) >= 11 is 0. The van der Waals surface area contributed by atoms with Crippen molar-refractivity contribution in [3.05, 3.63) is 30.1 Å². The Morgan fingerprint density at radius 1 is 1.58 bits per heavy atom. The minimum absolute atomic E-state index is 0.00161. The van der Waals surface area contributed by atoms with Gasteiger partial charge >= 0.3 is 5.97 Å². The van der Waals surface area contributed by atoms with Crippen LogP contribution in [0, 0.1) is 0 Å². The Bertz CT molecular complexity index is 450. The second-order valence-electron chi connectivity index (χ2n) is 4.57. The third-order valence-corrected chi connectivity index (χ3v) is 3.18. The van der Waals surface area contributed by atoms with Gasteiger partial charge < -0.3 is 10.4 Å². The van der Waals surface area contributed by atoms with Gasteiger partial charge in [-0.1, -0.05) is 6.07 Å². The second-order valence-corrected chi connectivity index (χ2v) is 4.57. The Kier molecular flexibility index (Phi) is 4.46. The van der Waals surface area contributed by atoms with Crippen molar-refractivity contribution in [2.75, 3.05) is 13.1 Å². The van der Waals surface area contributed by atoms with Crippen molar-refractivity contribution in [1.82, 2.24) is 15.2 Å². The number of nitrogens with zero attached hydrogens (tertiary/aromatic N) is 2. The first kappa shape index (κ1) is 13.5. The molecule has 0 radical (unpaired) electrons. The number of aliphatic carboxylic acids is 1.